The van der Waals surface area contributed by atoms with Crippen molar-refractivity contribution in [2.24, 2.45) is 12.8 Å². The van der Waals surface area contributed by atoms with Gasteiger partial charge in [-0.2, -0.15) is 10.2 Å². The van der Waals surface area contributed by atoms with E-state index in [-0.39, 0.29) is 0 Å². The summed E-state index contributed by atoms with van der Waals surface area (Å²) >= 11 is 0. The maximum absolute atomic E-state index is 5.49. The van der Waals surface area contributed by atoms with Gasteiger partial charge in [0.15, 0.2) is 0 Å². The lowest BCUT2D eigenvalue weighted by Crippen LogP contribution is -2.01. The lowest BCUT2D eigenvalue weighted by atomic mass is 10.4. The minimum Gasteiger partial charge on any atom is -0.326 e. The standard InChI is InChI=1S/C9H13N5/c1-13-3-2-9(12-13)7-14-6-8(4-10)5-11-14/h2-3,5-6H,4,7,10H2,1H3. The number of hydrogen-bond acceptors (Lipinski definition) is 3. The van der Waals surface area contributed by atoms with E-state index in [1.54, 1.807) is 10.9 Å². The third-order valence-corrected chi connectivity index (χ3v) is 2.02. The molecule has 0 atom stereocenters. The molecule has 0 fully saturated rings. The number of hydrogen-bond donors (Lipinski definition) is 1. The smallest absolute Gasteiger partial charge is 0.0849 e. The van der Waals surface area contributed by atoms with Crippen LogP contribution in [0, 0.1) is 0 Å². The molecule has 0 spiro atoms. The Hall–Kier alpha value is -1.62. The first-order valence-corrected chi connectivity index (χ1v) is 4.48. The van der Waals surface area contributed by atoms with Crippen LogP contribution in [0.15, 0.2) is 24.7 Å². The zero-order valence-corrected chi connectivity index (χ0v) is 8.09. The zero-order chi connectivity index (χ0) is 9.97. The molecule has 2 aromatic rings. The Bertz CT molecular complexity index is 414. The largest absolute Gasteiger partial charge is 0.326 e. The van der Waals surface area contributed by atoms with E-state index in [4.69, 9.17) is 5.73 Å². The van der Waals surface area contributed by atoms with Crippen molar-refractivity contribution in [2.75, 3.05) is 0 Å². The molecule has 74 valence electrons. The quantitative estimate of drug-likeness (QED) is 0.749. The Kier molecular flexibility index (Phi) is 2.32. The molecule has 2 N–H and O–H groups in total. The summed E-state index contributed by atoms with van der Waals surface area (Å²) in [5.41, 5.74) is 7.53. The molecule has 2 aromatic heterocycles. The van der Waals surface area contributed by atoms with Gasteiger partial charge in [0.2, 0.25) is 0 Å². The third kappa shape index (κ3) is 1.82. The van der Waals surface area contributed by atoms with Crippen molar-refractivity contribution in [2.45, 2.75) is 13.1 Å². The molecule has 0 aliphatic rings. The van der Waals surface area contributed by atoms with Gasteiger partial charge in [-0.05, 0) is 6.07 Å². The van der Waals surface area contributed by atoms with Crippen molar-refractivity contribution in [3.05, 3.63) is 35.9 Å². The van der Waals surface area contributed by atoms with Crippen LogP contribution in [0.4, 0.5) is 0 Å². The summed E-state index contributed by atoms with van der Waals surface area (Å²) in [5.74, 6) is 0. The summed E-state index contributed by atoms with van der Waals surface area (Å²) in [4.78, 5) is 0. The average molecular weight is 191 g/mol. The lowest BCUT2D eigenvalue weighted by Gasteiger charge is -1.96. The fraction of sp³-hybridized carbons (Fsp3) is 0.333. The first-order valence-electron chi connectivity index (χ1n) is 4.48. The fourth-order valence-electron chi connectivity index (χ4n) is 1.31. The van der Waals surface area contributed by atoms with Crippen LogP contribution < -0.4 is 5.73 Å². The fourth-order valence-corrected chi connectivity index (χ4v) is 1.31. The van der Waals surface area contributed by atoms with Crippen LogP contribution in [-0.4, -0.2) is 19.6 Å². The number of aromatic nitrogens is 4. The van der Waals surface area contributed by atoms with Crippen LogP contribution in [0.2, 0.25) is 0 Å². The number of nitrogens with zero attached hydrogens (tertiary/aromatic N) is 4. The van der Waals surface area contributed by atoms with Crippen molar-refractivity contribution in [3.63, 3.8) is 0 Å². The van der Waals surface area contributed by atoms with Gasteiger partial charge in [0.25, 0.3) is 0 Å². The van der Waals surface area contributed by atoms with E-state index >= 15 is 0 Å². The molecular weight excluding hydrogens is 178 g/mol. The van der Waals surface area contributed by atoms with Gasteiger partial charge >= 0.3 is 0 Å². The van der Waals surface area contributed by atoms with Gasteiger partial charge in [-0.25, -0.2) is 0 Å². The van der Waals surface area contributed by atoms with Crippen molar-refractivity contribution >= 4 is 0 Å². The Morgan fingerprint density at radius 2 is 2.36 bits per heavy atom. The van der Waals surface area contributed by atoms with Gasteiger partial charge in [-0.15, -0.1) is 0 Å². The molecule has 0 unspecified atom stereocenters. The molecule has 2 rings (SSSR count). The summed E-state index contributed by atoms with van der Waals surface area (Å²) in [6.45, 7) is 1.23. The van der Waals surface area contributed by atoms with Crippen molar-refractivity contribution in [1.82, 2.24) is 19.6 Å². The second-order valence-electron chi connectivity index (χ2n) is 3.23. The predicted molar refractivity (Wildman–Crippen MR) is 52.4 cm³/mol. The van der Waals surface area contributed by atoms with E-state index in [0.29, 0.717) is 13.1 Å². The van der Waals surface area contributed by atoms with Crippen molar-refractivity contribution in [3.8, 4) is 0 Å². The first kappa shape index (κ1) is 8.96. The maximum Gasteiger partial charge on any atom is 0.0849 e. The summed E-state index contributed by atoms with van der Waals surface area (Å²) in [6, 6.07) is 1.98. The number of aryl methyl sites for hydroxylation is 1. The molecule has 0 radical (unpaired) electrons. The summed E-state index contributed by atoms with van der Waals surface area (Å²) < 4.78 is 3.62. The van der Waals surface area contributed by atoms with Gasteiger partial charge in [0.1, 0.15) is 0 Å². The molecule has 2 heterocycles. The number of nitrogens with two attached hydrogens (primary N) is 1. The van der Waals surface area contributed by atoms with Crippen LogP contribution >= 0.6 is 0 Å². The minimum atomic E-state index is 0.530. The SMILES string of the molecule is Cn1ccc(Cn2cc(CN)cn2)n1. The molecule has 0 saturated carbocycles. The molecule has 0 aliphatic heterocycles. The molecular formula is C9H13N5. The van der Waals surface area contributed by atoms with E-state index in [0.717, 1.165) is 11.3 Å². The minimum absolute atomic E-state index is 0.530. The Morgan fingerprint density at radius 3 is 2.93 bits per heavy atom. The molecule has 0 amide bonds. The van der Waals surface area contributed by atoms with E-state index in [1.165, 1.54) is 0 Å². The predicted octanol–water partition coefficient (Wildman–Crippen LogP) is 0.124. The normalized spacial score (nSPS) is 10.7. The van der Waals surface area contributed by atoms with E-state index in [9.17, 15) is 0 Å². The Morgan fingerprint density at radius 1 is 1.50 bits per heavy atom. The monoisotopic (exact) mass is 191 g/mol. The highest BCUT2D eigenvalue weighted by atomic mass is 15.3. The molecule has 0 aliphatic carbocycles. The van der Waals surface area contributed by atoms with Gasteiger partial charge < -0.3 is 5.73 Å². The lowest BCUT2D eigenvalue weighted by molar-refractivity contribution is 0.650. The van der Waals surface area contributed by atoms with Crippen LogP contribution in [0.3, 0.4) is 0 Å². The molecule has 5 heteroatoms. The maximum atomic E-state index is 5.49. The van der Waals surface area contributed by atoms with Gasteiger partial charge in [0.05, 0.1) is 18.4 Å². The second kappa shape index (κ2) is 3.63. The second-order valence-corrected chi connectivity index (χ2v) is 3.23. The molecule has 0 aromatic carbocycles. The average Bonchev–Trinajstić information content (AvgIpc) is 2.76. The summed E-state index contributed by atoms with van der Waals surface area (Å²) in [5, 5.41) is 8.44. The van der Waals surface area contributed by atoms with E-state index in [2.05, 4.69) is 10.2 Å². The van der Waals surface area contributed by atoms with Gasteiger partial charge in [-0.1, -0.05) is 0 Å². The first-order chi connectivity index (χ1) is 6.78. The summed E-state index contributed by atoms with van der Waals surface area (Å²) in [6.07, 6.45) is 5.64. The number of rotatable bonds is 3. The molecule has 0 saturated heterocycles. The zero-order valence-electron chi connectivity index (χ0n) is 8.09. The highest BCUT2D eigenvalue weighted by Crippen LogP contribution is 2.00. The van der Waals surface area contributed by atoms with Crippen molar-refractivity contribution < 1.29 is 0 Å². The Labute approximate surface area is 82.1 Å². The van der Waals surface area contributed by atoms with E-state index in [1.807, 2.05) is 30.2 Å². The highest BCUT2D eigenvalue weighted by Gasteiger charge is 2.00. The molecule has 0 bridgehead atoms. The van der Waals surface area contributed by atoms with Crippen molar-refractivity contribution in [1.29, 1.82) is 0 Å². The summed E-state index contributed by atoms with van der Waals surface area (Å²) in [7, 11) is 1.90. The topological polar surface area (TPSA) is 61.7 Å². The molecule has 5 nitrogen and oxygen atoms in total. The third-order valence-electron chi connectivity index (χ3n) is 2.02. The van der Waals surface area contributed by atoms with Crippen LogP contribution in [0.5, 0.6) is 0 Å². The molecule has 14 heavy (non-hydrogen) atoms. The van der Waals surface area contributed by atoms with Crippen LogP contribution in [0.1, 0.15) is 11.3 Å². The van der Waals surface area contributed by atoms with Crippen LogP contribution in [-0.2, 0) is 20.1 Å². The Balaban J connectivity index is 2.10. The highest BCUT2D eigenvalue weighted by molar-refractivity contribution is 5.05. The van der Waals surface area contributed by atoms with Gasteiger partial charge in [-0.3, -0.25) is 9.36 Å². The van der Waals surface area contributed by atoms with Crippen LogP contribution in [0.25, 0.3) is 0 Å². The van der Waals surface area contributed by atoms with E-state index < -0.39 is 0 Å². The van der Waals surface area contributed by atoms with Gasteiger partial charge in [0, 0.05) is 31.5 Å².